The van der Waals surface area contributed by atoms with E-state index in [4.69, 9.17) is 0 Å². The van der Waals surface area contributed by atoms with Crippen LogP contribution in [-0.4, -0.2) is 27.0 Å². The first-order valence-electron chi connectivity index (χ1n) is 10.6. The Morgan fingerprint density at radius 3 is 2.58 bits per heavy atom. The van der Waals surface area contributed by atoms with E-state index in [9.17, 15) is 9.90 Å². The van der Waals surface area contributed by atoms with Crippen molar-refractivity contribution in [2.45, 2.75) is 26.8 Å². The number of para-hydroxylation sites is 1. The van der Waals surface area contributed by atoms with E-state index in [2.05, 4.69) is 32.0 Å². The Morgan fingerprint density at radius 1 is 1.06 bits per heavy atom. The lowest BCUT2D eigenvalue weighted by Crippen LogP contribution is -2.28. The van der Waals surface area contributed by atoms with Crippen molar-refractivity contribution in [3.8, 4) is 17.6 Å². The number of rotatable bonds is 4. The number of amides is 1. The van der Waals surface area contributed by atoms with Crippen LogP contribution in [0.4, 0.5) is 17.2 Å². The van der Waals surface area contributed by atoms with Crippen LogP contribution in [0.15, 0.2) is 73.1 Å². The number of nitrogens with one attached hydrogen (secondary N) is 1. The van der Waals surface area contributed by atoms with E-state index < -0.39 is 0 Å². The third-order valence-corrected chi connectivity index (χ3v) is 5.11. The van der Waals surface area contributed by atoms with E-state index in [1.807, 2.05) is 68.4 Å². The van der Waals surface area contributed by atoms with Gasteiger partial charge in [0.15, 0.2) is 0 Å². The zero-order chi connectivity index (χ0) is 23.4. The fourth-order valence-corrected chi connectivity index (χ4v) is 3.67. The summed E-state index contributed by atoms with van der Waals surface area (Å²) in [7, 11) is 0. The van der Waals surface area contributed by atoms with E-state index in [1.165, 1.54) is 6.92 Å². The van der Waals surface area contributed by atoms with Crippen LogP contribution >= 0.6 is 0 Å². The first-order valence-corrected chi connectivity index (χ1v) is 10.6. The molecule has 0 aliphatic rings. The molecule has 1 aromatic heterocycles. The third kappa shape index (κ3) is 4.94. The molecule has 0 saturated carbocycles. The number of aromatic hydroxyl groups is 1. The molecule has 0 saturated heterocycles. The summed E-state index contributed by atoms with van der Waals surface area (Å²) in [6.07, 6.45) is 1.55. The summed E-state index contributed by atoms with van der Waals surface area (Å²) in [6, 6.07) is 20.7. The summed E-state index contributed by atoms with van der Waals surface area (Å²) < 4.78 is 0. The topological polar surface area (TPSA) is 78.4 Å². The molecular weight excluding hydrogens is 412 g/mol. The number of carbonyl (C=O) groups excluding carboxylic acids is 1. The molecule has 2 N–H and O–H groups in total. The summed E-state index contributed by atoms with van der Waals surface area (Å²) in [5.74, 6) is 6.99. The molecule has 0 aliphatic carbocycles. The van der Waals surface area contributed by atoms with Gasteiger partial charge in [0.1, 0.15) is 17.9 Å². The summed E-state index contributed by atoms with van der Waals surface area (Å²) in [5.41, 5.74) is 4.33. The van der Waals surface area contributed by atoms with Gasteiger partial charge in [0.05, 0.1) is 17.2 Å². The van der Waals surface area contributed by atoms with Crippen LogP contribution in [0.5, 0.6) is 5.75 Å². The lowest BCUT2D eigenvalue weighted by molar-refractivity contribution is -0.119. The molecule has 0 radical (unpaired) electrons. The lowest BCUT2D eigenvalue weighted by atomic mass is 10.1. The number of anilines is 3. The molecule has 1 heterocycles. The van der Waals surface area contributed by atoms with Crippen molar-refractivity contribution >= 4 is 34.0 Å². The molecule has 164 valence electrons. The van der Waals surface area contributed by atoms with Gasteiger partial charge in [-0.15, -0.1) is 0 Å². The van der Waals surface area contributed by atoms with Crippen LogP contribution in [0.2, 0.25) is 0 Å². The average Bonchev–Trinajstić information content (AvgIpc) is 2.79. The maximum absolute atomic E-state index is 11.3. The summed E-state index contributed by atoms with van der Waals surface area (Å²) >= 11 is 0. The van der Waals surface area contributed by atoms with Crippen molar-refractivity contribution in [1.29, 1.82) is 0 Å². The van der Waals surface area contributed by atoms with Gasteiger partial charge in [-0.1, -0.05) is 30.0 Å². The van der Waals surface area contributed by atoms with Gasteiger partial charge in [-0.25, -0.2) is 9.97 Å². The van der Waals surface area contributed by atoms with Crippen LogP contribution in [0.3, 0.4) is 0 Å². The molecule has 6 heteroatoms. The summed E-state index contributed by atoms with van der Waals surface area (Å²) in [4.78, 5) is 22.4. The zero-order valence-electron chi connectivity index (χ0n) is 18.7. The van der Waals surface area contributed by atoms with Crippen LogP contribution < -0.4 is 10.2 Å². The highest BCUT2D eigenvalue weighted by atomic mass is 16.3. The normalized spacial score (nSPS) is 11.4. The van der Waals surface area contributed by atoms with Gasteiger partial charge in [0.25, 0.3) is 0 Å². The Hall–Kier alpha value is -4.37. The van der Waals surface area contributed by atoms with Crippen molar-refractivity contribution in [2.75, 3.05) is 4.90 Å². The van der Waals surface area contributed by atoms with Gasteiger partial charge in [-0.3, -0.25) is 9.69 Å². The maximum Gasteiger partial charge on any atom is 0.217 e. The van der Waals surface area contributed by atoms with Gasteiger partial charge in [-0.05, 0) is 67.9 Å². The van der Waals surface area contributed by atoms with E-state index in [0.717, 1.165) is 33.4 Å². The smallest absolute Gasteiger partial charge is 0.217 e. The second-order valence-corrected chi connectivity index (χ2v) is 7.76. The number of aromatic nitrogens is 2. The number of benzene rings is 3. The molecule has 6 nitrogen and oxygen atoms in total. The molecule has 4 aromatic rings. The number of phenols is 1. The lowest BCUT2D eigenvalue weighted by Gasteiger charge is -2.26. The average molecular weight is 437 g/mol. The predicted molar refractivity (Wildman–Crippen MR) is 131 cm³/mol. The molecule has 0 fully saturated rings. The maximum atomic E-state index is 11.3. The van der Waals surface area contributed by atoms with E-state index in [1.54, 1.807) is 18.5 Å². The van der Waals surface area contributed by atoms with Crippen LogP contribution in [0.25, 0.3) is 10.9 Å². The molecular formula is C27H24N4O2. The van der Waals surface area contributed by atoms with Crippen molar-refractivity contribution in [3.63, 3.8) is 0 Å². The minimum Gasteiger partial charge on any atom is -0.508 e. The molecule has 0 bridgehead atoms. The Balaban J connectivity index is 1.88. The highest BCUT2D eigenvalue weighted by Crippen LogP contribution is 2.39. The number of carbonyl (C=O) groups is 1. The molecule has 0 aliphatic heterocycles. The fourth-order valence-electron chi connectivity index (χ4n) is 3.67. The van der Waals surface area contributed by atoms with E-state index in [-0.39, 0.29) is 17.7 Å². The Morgan fingerprint density at radius 2 is 1.85 bits per heavy atom. The number of nitrogens with zero attached hydrogens (tertiary/aromatic N) is 3. The number of fused-ring (bicyclic) bond motifs is 1. The zero-order valence-corrected chi connectivity index (χ0v) is 18.7. The highest BCUT2D eigenvalue weighted by molar-refractivity contribution is 5.95. The van der Waals surface area contributed by atoms with Crippen molar-refractivity contribution < 1.29 is 9.90 Å². The first-order chi connectivity index (χ1) is 15.9. The third-order valence-electron chi connectivity index (χ3n) is 5.11. The first kappa shape index (κ1) is 21.8. The molecule has 1 amide bonds. The number of phenolic OH excluding ortho intramolecular Hbond substituents is 1. The molecule has 1 atom stereocenters. The standard InChI is InChI=1S/C27H24N4O2/c1-18-15-23(33)12-14-26(18)31(22-7-5-4-6-8-22)27-24-16-21(10-9-19(2)30-20(3)32)11-13-25(24)28-17-29-27/h4-8,11-17,19,33H,1-3H3,(H,30,32). The summed E-state index contributed by atoms with van der Waals surface area (Å²) in [5, 5.41) is 13.5. The Kier molecular flexibility index (Phi) is 6.23. The highest BCUT2D eigenvalue weighted by Gasteiger charge is 2.19. The number of hydrogen-bond acceptors (Lipinski definition) is 5. The fraction of sp³-hybridized carbons (Fsp3) is 0.148. The minimum atomic E-state index is -0.259. The van der Waals surface area contributed by atoms with E-state index in [0.29, 0.717) is 5.82 Å². The SMILES string of the molecule is CC(=O)NC(C)C#Cc1ccc2ncnc(N(c3ccccc3)c3ccc(O)cc3C)c2c1. The van der Waals surface area contributed by atoms with Crippen molar-refractivity contribution in [3.05, 3.63) is 84.2 Å². The largest absolute Gasteiger partial charge is 0.508 e. The van der Waals surface area contributed by atoms with E-state index >= 15 is 0 Å². The van der Waals surface area contributed by atoms with Crippen LogP contribution in [0, 0.1) is 18.8 Å². The quantitative estimate of drug-likeness (QED) is 0.441. The minimum absolute atomic E-state index is 0.117. The molecule has 0 spiro atoms. The molecule has 1 unspecified atom stereocenters. The van der Waals surface area contributed by atoms with Gasteiger partial charge in [0, 0.05) is 23.6 Å². The number of aryl methyl sites for hydroxylation is 1. The van der Waals surface area contributed by atoms with Crippen LogP contribution in [-0.2, 0) is 4.79 Å². The molecule has 33 heavy (non-hydrogen) atoms. The second-order valence-electron chi connectivity index (χ2n) is 7.76. The van der Waals surface area contributed by atoms with Crippen LogP contribution in [0.1, 0.15) is 25.0 Å². The van der Waals surface area contributed by atoms with Gasteiger partial charge < -0.3 is 10.4 Å². The monoisotopic (exact) mass is 436 g/mol. The van der Waals surface area contributed by atoms with Gasteiger partial charge >= 0.3 is 0 Å². The summed E-state index contributed by atoms with van der Waals surface area (Å²) in [6.45, 7) is 5.27. The Labute approximate surface area is 192 Å². The van der Waals surface area contributed by atoms with Gasteiger partial charge in [-0.2, -0.15) is 0 Å². The Bertz CT molecular complexity index is 1370. The van der Waals surface area contributed by atoms with Crippen molar-refractivity contribution in [1.82, 2.24) is 15.3 Å². The molecule has 4 rings (SSSR count). The second kappa shape index (κ2) is 9.41. The number of hydrogen-bond donors (Lipinski definition) is 2. The van der Waals surface area contributed by atoms with Crippen molar-refractivity contribution in [2.24, 2.45) is 0 Å². The molecule has 3 aromatic carbocycles. The predicted octanol–water partition coefficient (Wildman–Crippen LogP) is 4.99. The van der Waals surface area contributed by atoms with Gasteiger partial charge in [0.2, 0.25) is 5.91 Å².